The lowest BCUT2D eigenvalue weighted by molar-refractivity contribution is -0.137. The van der Waals surface area contributed by atoms with E-state index < -0.39 is 21.9 Å². The Labute approximate surface area is 148 Å². The fraction of sp³-hybridized carbons (Fsp3) is 0.529. The second-order valence-electron chi connectivity index (χ2n) is 6.36. The Morgan fingerprint density at radius 3 is 2.64 bits per heavy atom. The van der Waals surface area contributed by atoms with E-state index in [9.17, 15) is 18.0 Å². The van der Waals surface area contributed by atoms with Gasteiger partial charge in [-0.15, -0.1) is 0 Å². The van der Waals surface area contributed by atoms with Gasteiger partial charge < -0.3 is 10.4 Å². The highest BCUT2D eigenvalue weighted by Crippen LogP contribution is 2.24. The van der Waals surface area contributed by atoms with E-state index in [0.29, 0.717) is 25.8 Å². The van der Waals surface area contributed by atoms with Crippen molar-refractivity contribution >= 4 is 21.9 Å². The average Bonchev–Trinajstić information content (AvgIpc) is 2.61. The summed E-state index contributed by atoms with van der Waals surface area (Å²) in [6, 6.07) is 7.94. The fourth-order valence-electron chi connectivity index (χ4n) is 2.89. The van der Waals surface area contributed by atoms with Gasteiger partial charge >= 0.3 is 5.97 Å². The zero-order valence-corrected chi connectivity index (χ0v) is 15.0. The summed E-state index contributed by atoms with van der Waals surface area (Å²) >= 11 is 0. The molecule has 1 saturated heterocycles. The lowest BCUT2D eigenvalue weighted by Gasteiger charge is -2.31. The van der Waals surface area contributed by atoms with Gasteiger partial charge in [0, 0.05) is 25.6 Å². The van der Waals surface area contributed by atoms with Crippen molar-refractivity contribution in [2.75, 3.05) is 13.1 Å². The third-order valence-corrected chi connectivity index (χ3v) is 6.20. The maximum absolute atomic E-state index is 12.7. The van der Waals surface area contributed by atoms with Crippen LogP contribution in [0.1, 0.15) is 32.6 Å². The smallest absolute Gasteiger partial charge is 0.303 e. The summed E-state index contributed by atoms with van der Waals surface area (Å²) in [4.78, 5) is 23.2. The Kier molecular flexibility index (Phi) is 6.55. The minimum atomic E-state index is -3.60. The molecule has 0 aliphatic carbocycles. The van der Waals surface area contributed by atoms with Crippen molar-refractivity contribution in [3.8, 4) is 0 Å². The summed E-state index contributed by atoms with van der Waals surface area (Å²) in [5.41, 5.74) is 0. The van der Waals surface area contributed by atoms with Crippen LogP contribution < -0.4 is 5.32 Å². The van der Waals surface area contributed by atoms with E-state index in [0.717, 1.165) is 0 Å². The molecule has 0 bridgehead atoms. The van der Waals surface area contributed by atoms with Crippen LogP contribution in [-0.2, 0) is 19.6 Å². The van der Waals surface area contributed by atoms with Crippen molar-refractivity contribution in [1.82, 2.24) is 9.62 Å². The molecule has 0 saturated carbocycles. The first-order chi connectivity index (χ1) is 11.8. The SMILES string of the molecule is CC(CCC(=O)O)NC(=O)C1CCCN(S(=O)(=O)c2ccccc2)C1. The van der Waals surface area contributed by atoms with E-state index in [1.54, 1.807) is 37.3 Å². The summed E-state index contributed by atoms with van der Waals surface area (Å²) in [6.45, 7) is 2.30. The number of aliphatic carboxylic acids is 1. The zero-order chi connectivity index (χ0) is 18.4. The van der Waals surface area contributed by atoms with Gasteiger partial charge in [0.15, 0.2) is 0 Å². The van der Waals surface area contributed by atoms with Gasteiger partial charge in [-0.25, -0.2) is 8.42 Å². The first-order valence-electron chi connectivity index (χ1n) is 8.38. The van der Waals surface area contributed by atoms with Crippen LogP contribution in [-0.4, -0.2) is 48.8 Å². The van der Waals surface area contributed by atoms with Crippen molar-refractivity contribution in [3.63, 3.8) is 0 Å². The standard InChI is InChI=1S/C17H24N2O5S/c1-13(9-10-16(20)21)18-17(22)14-6-5-11-19(12-14)25(23,24)15-7-3-2-4-8-15/h2-4,7-8,13-14H,5-6,9-12H2,1H3,(H,18,22)(H,20,21). The highest BCUT2D eigenvalue weighted by atomic mass is 32.2. The lowest BCUT2D eigenvalue weighted by atomic mass is 9.98. The first kappa shape index (κ1) is 19.4. The Morgan fingerprint density at radius 1 is 1.32 bits per heavy atom. The molecule has 1 fully saturated rings. The van der Waals surface area contributed by atoms with E-state index in [2.05, 4.69) is 5.32 Å². The molecule has 0 radical (unpaired) electrons. The number of nitrogens with one attached hydrogen (secondary N) is 1. The van der Waals surface area contributed by atoms with Crippen LogP contribution in [0.3, 0.4) is 0 Å². The molecule has 1 aromatic carbocycles. The summed E-state index contributed by atoms with van der Waals surface area (Å²) in [7, 11) is -3.60. The number of carboxylic acids is 1. The normalized spacial score (nSPS) is 20.0. The van der Waals surface area contributed by atoms with Crippen LogP contribution in [0.5, 0.6) is 0 Å². The predicted molar refractivity (Wildman–Crippen MR) is 92.4 cm³/mol. The predicted octanol–water partition coefficient (Wildman–Crippen LogP) is 1.46. The molecular formula is C17H24N2O5S. The second-order valence-corrected chi connectivity index (χ2v) is 8.30. The molecule has 1 aromatic rings. The highest BCUT2D eigenvalue weighted by molar-refractivity contribution is 7.89. The van der Waals surface area contributed by atoms with Crippen molar-refractivity contribution < 1.29 is 23.1 Å². The van der Waals surface area contributed by atoms with Gasteiger partial charge in [-0.2, -0.15) is 4.31 Å². The number of piperidine rings is 1. The number of carboxylic acid groups (broad SMARTS) is 1. The van der Waals surface area contributed by atoms with Crippen LogP contribution in [0.15, 0.2) is 35.2 Å². The van der Waals surface area contributed by atoms with Crippen molar-refractivity contribution in [2.24, 2.45) is 5.92 Å². The number of carbonyl (C=O) groups excluding carboxylic acids is 1. The molecule has 2 unspecified atom stereocenters. The number of hydrogen-bond acceptors (Lipinski definition) is 4. The molecule has 2 N–H and O–H groups in total. The van der Waals surface area contributed by atoms with E-state index >= 15 is 0 Å². The molecular weight excluding hydrogens is 344 g/mol. The molecule has 0 aromatic heterocycles. The Morgan fingerprint density at radius 2 is 2.00 bits per heavy atom. The Hall–Kier alpha value is -1.93. The summed E-state index contributed by atoms with van der Waals surface area (Å²) < 4.78 is 26.7. The quantitative estimate of drug-likeness (QED) is 0.758. The largest absolute Gasteiger partial charge is 0.481 e. The molecule has 1 heterocycles. The van der Waals surface area contributed by atoms with Crippen LogP contribution in [0.4, 0.5) is 0 Å². The van der Waals surface area contributed by atoms with Gasteiger partial charge in [0.1, 0.15) is 0 Å². The summed E-state index contributed by atoms with van der Waals surface area (Å²) in [6.07, 6.45) is 1.58. The fourth-order valence-corrected chi connectivity index (χ4v) is 4.43. The van der Waals surface area contributed by atoms with Gasteiger partial charge in [-0.1, -0.05) is 18.2 Å². The van der Waals surface area contributed by atoms with E-state index in [4.69, 9.17) is 5.11 Å². The molecule has 1 aliphatic rings. The van der Waals surface area contributed by atoms with E-state index in [1.807, 2.05) is 0 Å². The number of sulfonamides is 1. The third-order valence-electron chi connectivity index (χ3n) is 4.32. The molecule has 2 atom stereocenters. The molecule has 25 heavy (non-hydrogen) atoms. The first-order valence-corrected chi connectivity index (χ1v) is 9.82. The molecule has 1 aliphatic heterocycles. The molecule has 7 nitrogen and oxygen atoms in total. The van der Waals surface area contributed by atoms with Gasteiger partial charge in [-0.3, -0.25) is 9.59 Å². The minimum Gasteiger partial charge on any atom is -0.481 e. The molecule has 138 valence electrons. The highest BCUT2D eigenvalue weighted by Gasteiger charge is 2.33. The maximum atomic E-state index is 12.7. The third kappa shape index (κ3) is 5.27. The van der Waals surface area contributed by atoms with Crippen LogP contribution in [0.25, 0.3) is 0 Å². The number of benzene rings is 1. The van der Waals surface area contributed by atoms with Crippen LogP contribution in [0, 0.1) is 5.92 Å². The molecule has 8 heteroatoms. The number of hydrogen-bond donors (Lipinski definition) is 2. The number of amides is 1. The number of nitrogens with zero attached hydrogens (tertiary/aromatic N) is 1. The van der Waals surface area contributed by atoms with Gasteiger partial charge in [0.2, 0.25) is 15.9 Å². The van der Waals surface area contributed by atoms with Gasteiger partial charge in [0.05, 0.1) is 10.8 Å². The maximum Gasteiger partial charge on any atom is 0.303 e. The molecule has 0 spiro atoms. The molecule has 1 amide bonds. The summed E-state index contributed by atoms with van der Waals surface area (Å²) in [5.74, 6) is -1.54. The van der Waals surface area contributed by atoms with E-state index in [-0.39, 0.29) is 29.8 Å². The lowest BCUT2D eigenvalue weighted by Crippen LogP contribution is -2.47. The van der Waals surface area contributed by atoms with Crippen molar-refractivity contribution in [1.29, 1.82) is 0 Å². The van der Waals surface area contributed by atoms with Gasteiger partial charge in [0.25, 0.3) is 0 Å². The Bertz CT molecular complexity index is 705. The summed E-state index contributed by atoms with van der Waals surface area (Å²) in [5, 5.41) is 11.5. The number of carbonyl (C=O) groups is 2. The van der Waals surface area contributed by atoms with Crippen LogP contribution in [0.2, 0.25) is 0 Å². The zero-order valence-electron chi connectivity index (χ0n) is 14.2. The average molecular weight is 368 g/mol. The molecule has 2 rings (SSSR count). The van der Waals surface area contributed by atoms with Crippen molar-refractivity contribution in [3.05, 3.63) is 30.3 Å². The van der Waals surface area contributed by atoms with Gasteiger partial charge in [-0.05, 0) is 38.3 Å². The van der Waals surface area contributed by atoms with Crippen molar-refractivity contribution in [2.45, 2.75) is 43.5 Å². The monoisotopic (exact) mass is 368 g/mol. The van der Waals surface area contributed by atoms with E-state index in [1.165, 1.54) is 4.31 Å². The Balaban J connectivity index is 1.98. The topological polar surface area (TPSA) is 104 Å². The second kappa shape index (κ2) is 8.44. The number of rotatable bonds is 7. The minimum absolute atomic E-state index is 0.0133. The van der Waals surface area contributed by atoms with Crippen LogP contribution >= 0.6 is 0 Å².